The van der Waals surface area contributed by atoms with Crippen molar-refractivity contribution in [2.45, 2.75) is 72.8 Å². The highest BCUT2D eigenvalue weighted by Gasteiger charge is 2.56. The Hall–Kier alpha value is -1.84. The summed E-state index contributed by atoms with van der Waals surface area (Å²) in [5.74, 6) is 0.924. The molecular weight excluding hydrogens is 362 g/mol. The van der Waals surface area contributed by atoms with Crippen molar-refractivity contribution in [3.05, 3.63) is 35.5 Å². The van der Waals surface area contributed by atoms with Crippen molar-refractivity contribution in [2.75, 3.05) is 0 Å². The van der Waals surface area contributed by atoms with Gasteiger partial charge in [-0.05, 0) is 66.9 Å². The fourth-order valence-corrected chi connectivity index (χ4v) is 6.49. The Morgan fingerprint density at radius 2 is 1.93 bits per heavy atom. The van der Waals surface area contributed by atoms with Crippen molar-refractivity contribution >= 4 is 11.9 Å². The molecule has 0 radical (unpaired) electrons. The first-order chi connectivity index (χ1) is 13.5. The molecule has 0 aliphatic heterocycles. The fraction of sp³-hybridized carbons (Fsp3) is 0.680. The molecule has 1 amide bonds. The summed E-state index contributed by atoms with van der Waals surface area (Å²) in [6.45, 7) is 10.6. The van der Waals surface area contributed by atoms with Crippen LogP contribution in [0.2, 0.25) is 0 Å². The van der Waals surface area contributed by atoms with Gasteiger partial charge in [-0.15, -0.1) is 0 Å². The number of amides is 1. The number of allylic oxidation sites excluding steroid dienone is 4. The summed E-state index contributed by atoms with van der Waals surface area (Å²) in [6, 6.07) is 0.194. The molecule has 29 heavy (non-hydrogen) atoms. The Bertz CT molecular complexity index is 829. The predicted octanol–water partition coefficient (Wildman–Crippen LogP) is 4.88. The van der Waals surface area contributed by atoms with Gasteiger partial charge in [0.15, 0.2) is 0 Å². The van der Waals surface area contributed by atoms with E-state index >= 15 is 0 Å². The zero-order valence-electron chi connectivity index (χ0n) is 18.4. The van der Waals surface area contributed by atoms with Crippen LogP contribution < -0.4 is 5.32 Å². The monoisotopic (exact) mass is 397 g/mol. The molecule has 4 nitrogen and oxygen atoms in total. The summed E-state index contributed by atoms with van der Waals surface area (Å²) >= 11 is 0. The first-order valence-electron chi connectivity index (χ1n) is 11.1. The molecule has 0 aromatic carbocycles. The minimum Gasteiger partial charge on any atom is -0.478 e. The van der Waals surface area contributed by atoms with E-state index in [2.05, 4.69) is 37.4 Å². The van der Waals surface area contributed by atoms with Crippen LogP contribution in [0.25, 0.3) is 0 Å². The molecular formula is C25H35NO3. The van der Waals surface area contributed by atoms with Crippen LogP contribution in [0.1, 0.15) is 66.7 Å². The van der Waals surface area contributed by atoms with Crippen molar-refractivity contribution in [2.24, 2.45) is 34.0 Å². The Kier molecular flexibility index (Phi) is 4.64. The van der Waals surface area contributed by atoms with Gasteiger partial charge in [-0.2, -0.15) is 0 Å². The molecule has 158 valence electrons. The number of rotatable bonds is 2. The number of carbonyl (C=O) groups is 2. The molecule has 1 fully saturated rings. The maximum atomic E-state index is 12.6. The van der Waals surface area contributed by atoms with Crippen LogP contribution in [-0.2, 0) is 9.59 Å². The average molecular weight is 398 g/mol. The molecule has 4 aliphatic carbocycles. The molecule has 2 N–H and O–H groups in total. The molecule has 0 bridgehead atoms. The SMILES string of the molecule is CC(C)(C)C(=O)NC1CC[C@H]2[C@@H]3CC=C4C=C(C(=O)O)CC[C@]4(C)[C@@H]3C=C[C@]12C. The van der Waals surface area contributed by atoms with Gasteiger partial charge in [0.2, 0.25) is 5.91 Å². The van der Waals surface area contributed by atoms with E-state index in [-0.39, 0.29) is 28.2 Å². The van der Waals surface area contributed by atoms with Gasteiger partial charge in [0.05, 0.1) is 0 Å². The summed E-state index contributed by atoms with van der Waals surface area (Å²) in [4.78, 5) is 24.1. The summed E-state index contributed by atoms with van der Waals surface area (Å²) < 4.78 is 0. The van der Waals surface area contributed by atoms with Gasteiger partial charge >= 0.3 is 5.97 Å². The van der Waals surface area contributed by atoms with Crippen LogP contribution in [0.3, 0.4) is 0 Å². The molecule has 6 atom stereocenters. The van der Waals surface area contributed by atoms with Crippen molar-refractivity contribution in [3.63, 3.8) is 0 Å². The number of aliphatic carboxylic acids is 1. The van der Waals surface area contributed by atoms with E-state index in [4.69, 9.17) is 0 Å². The largest absolute Gasteiger partial charge is 0.478 e. The van der Waals surface area contributed by atoms with Gasteiger partial charge in [0, 0.05) is 22.4 Å². The Balaban J connectivity index is 1.62. The summed E-state index contributed by atoms with van der Waals surface area (Å²) in [6.07, 6.45) is 13.8. The Labute approximate surface area is 174 Å². The quantitative estimate of drug-likeness (QED) is 0.653. The van der Waals surface area contributed by atoms with Gasteiger partial charge in [-0.1, -0.05) is 52.8 Å². The highest BCUT2D eigenvalue weighted by atomic mass is 16.4. The lowest BCUT2D eigenvalue weighted by atomic mass is 9.51. The number of carboxylic acid groups (broad SMARTS) is 1. The first kappa shape index (κ1) is 20.4. The van der Waals surface area contributed by atoms with Crippen LogP contribution in [-0.4, -0.2) is 23.0 Å². The summed E-state index contributed by atoms with van der Waals surface area (Å²) in [5.41, 5.74) is 1.41. The zero-order valence-corrected chi connectivity index (χ0v) is 18.4. The Morgan fingerprint density at radius 3 is 2.59 bits per heavy atom. The van der Waals surface area contributed by atoms with Crippen molar-refractivity contribution < 1.29 is 14.7 Å². The highest BCUT2D eigenvalue weighted by Crippen LogP contribution is 2.62. The lowest BCUT2D eigenvalue weighted by Gasteiger charge is -2.54. The fourth-order valence-electron chi connectivity index (χ4n) is 6.49. The second kappa shape index (κ2) is 6.58. The van der Waals surface area contributed by atoms with Gasteiger partial charge < -0.3 is 10.4 Å². The van der Waals surface area contributed by atoms with Crippen molar-refractivity contribution in [1.29, 1.82) is 0 Å². The lowest BCUT2D eigenvalue weighted by Crippen LogP contribution is -2.52. The standard InChI is InChI=1S/C25H35NO3/c1-23(2,3)22(29)26-20-9-8-18-17-7-6-16-14-15(21(27)28)10-12-24(16,4)19(17)11-13-25(18,20)5/h6,11,13-14,17-20H,7-10,12H2,1-5H3,(H,26,29)(H,27,28)/t17-,18-,19+,20?,24-,25-/m0/s1. The number of fused-ring (bicyclic) bond motifs is 5. The van der Waals surface area contributed by atoms with Crippen LogP contribution in [0.4, 0.5) is 0 Å². The normalized spacial score (nSPS) is 40.9. The number of hydrogen-bond acceptors (Lipinski definition) is 2. The molecule has 1 saturated carbocycles. The number of nitrogens with one attached hydrogen (secondary N) is 1. The van der Waals surface area contributed by atoms with E-state index < -0.39 is 5.97 Å². The molecule has 0 spiro atoms. The van der Waals surface area contributed by atoms with Crippen molar-refractivity contribution in [1.82, 2.24) is 5.32 Å². The Morgan fingerprint density at radius 1 is 1.21 bits per heavy atom. The zero-order chi connectivity index (χ0) is 21.2. The topological polar surface area (TPSA) is 66.4 Å². The summed E-state index contributed by atoms with van der Waals surface area (Å²) in [5, 5.41) is 12.8. The van der Waals surface area contributed by atoms with E-state index in [0.717, 1.165) is 25.7 Å². The van der Waals surface area contributed by atoms with E-state index in [1.54, 1.807) is 0 Å². The maximum absolute atomic E-state index is 12.6. The molecule has 4 rings (SSSR count). The maximum Gasteiger partial charge on any atom is 0.331 e. The van der Waals surface area contributed by atoms with E-state index in [1.807, 2.05) is 26.8 Å². The number of hydrogen-bond donors (Lipinski definition) is 2. The second-order valence-corrected chi connectivity index (χ2v) is 11.2. The molecule has 0 aromatic rings. The van der Waals surface area contributed by atoms with Gasteiger partial charge in [-0.25, -0.2) is 4.79 Å². The molecule has 0 heterocycles. The second-order valence-electron chi connectivity index (χ2n) is 11.2. The molecule has 4 heteroatoms. The smallest absolute Gasteiger partial charge is 0.331 e. The molecule has 1 unspecified atom stereocenters. The predicted molar refractivity (Wildman–Crippen MR) is 114 cm³/mol. The van der Waals surface area contributed by atoms with Crippen LogP contribution in [0, 0.1) is 34.0 Å². The van der Waals surface area contributed by atoms with E-state index in [0.29, 0.717) is 29.7 Å². The number of carbonyl (C=O) groups excluding carboxylic acids is 1. The van der Waals surface area contributed by atoms with Gasteiger partial charge in [0.25, 0.3) is 0 Å². The molecule has 0 aromatic heterocycles. The minimum absolute atomic E-state index is 0.000507. The van der Waals surface area contributed by atoms with Gasteiger partial charge in [0.1, 0.15) is 0 Å². The van der Waals surface area contributed by atoms with Crippen LogP contribution in [0.5, 0.6) is 0 Å². The third-order valence-corrected chi connectivity index (χ3v) is 8.47. The molecule has 0 saturated heterocycles. The highest BCUT2D eigenvalue weighted by molar-refractivity contribution is 5.87. The lowest BCUT2D eigenvalue weighted by molar-refractivity contribution is -0.133. The van der Waals surface area contributed by atoms with Crippen molar-refractivity contribution in [3.8, 4) is 0 Å². The summed E-state index contributed by atoms with van der Waals surface area (Å²) in [7, 11) is 0. The van der Waals surface area contributed by atoms with E-state index in [1.165, 1.54) is 5.57 Å². The average Bonchev–Trinajstić information content (AvgIpc) is 2.96. The van der Waals surface area contributed by atoms with Crippen LogP contribution >= 0.6 is 0 Å². The third-order valence-electron chi connectivity index (χ3n) is 8.47. The minimum atomic E-state index is -0.782. The first-order valence-corrected chi connectivity index (χ1v) is 11.1. The van der Waals surface area contributed by atoms with Crippen LogP contribution in [0.15, 0.2) is 35.5 Å². The van der Waals surface area contributed by atoms with Gasteiger partial charge in [-0.3, -0.25) is 4.79 Å². The van der Waals surface area contributed by atoms with E-state index in [9.17, 15) is 14.7 Å². The third kappa shape index (κ3) is 3.10. The molecule has 4 aliphatic rings. The number of carboxylic acids is 1.